The van der Waals surface area contributed by atoms with Crippen LogP contribution in [0.4, 0.5) is 0 Å². The molecule has 0 fully saturated rings. The molecule has 0 spiro atoms. The van der Waals surface area contributed by atoms with Gasteiger partial charge in [-0.05, 0) is 0 Å². The van der Waals surface area contributed by atoms with Crippen molar-refractivity contribution < 1.29 is 0 Å². The molecular formula is C6H14BrSn. The van der Waals surface area contributed by atoms with Gasteiger partial charge < -0.3 is 0 Å². The summed E-state index contributed by atoms with van der Waals surface area (Å²) in [4.78, 5) is 0. The number of hydrogen-bond acceptors (Lipinski definition) is 0. The summed E-state index contributed by atoms with van der Waals surface area (Å²) in [6.45, 7) is 4.55. The van der Waals surface area contributed by atoms with Gasteiger partial charge in [0, 0.05) is 0 Å². The Labute approximate surface area is 65.5 Å². The van der Waals surface area contributed by atoms with Crippen molar-refractivity contribution in [1.82, 2.24) is 0 Å². The first-order valence-electron chi connectivity index (χ1n) is 3.31. The third-order valence-corrected chi connectivity index (χ3v) is 12.3. The van der Waals surface area contributed by atoms with E-state index in [1.54, 1.807) is 0 Å². The van der Waals surface area contributed by atoms with Gasteiger partial charge in [-0.3, -0.25) is 0 Å². The molecule has 0 atom stereocenters. The maximum atomic E-state index is 3.79. The van der Waals surface area contributed by atoms with Crippen molar-refractivity contribution >= 4 is 30.2 Å². The average molecular weight is 285 g/mol. The van der Waals surface area contributed by atoms with Crippen LogP contribution >= 0.6 is 12.7 Å². The number of rotatable bonds is 4. The van der Waals surface area contributed by atoms with E-state index in [4.69, 9.17) is 0 Å². The third-order valence-electron chi connectivity index (χ3n) is 1.04. The summed E-state index contributed by atoms with van der Waals surface area (Å²) in [6.07, 6.45) is 2.78. The van der Waals surface area contributed by atoms with E-state index >= 15 is 0 Å². The molecule has 0 nitrogen and oxygen atoms in total. The molecule has 1 radical (unpaired) electrons. The SMILES string of the molecule is CC[CH2][Sn]([Br])[CH2]CC. The van der Waals surface area contributed by atoms with Crippen molar-refractivity contribution in [3.63, 3.8) is 0 Å². The minimum atomic E-state index is -0.874. The summed E-state index contributed by atoms with van der Waals surface area (Å²) in [5, 5.41) is 0. The average Bonchev–Trinajstić information content (AvgIpc) is 1.68. The topological polar surface area (TPSA) is 0 Å². The normalized spacial score (nSPS) is 10.5. The van der Waals surface area contributed by atoms with Crippen molar-refractivity contribution in [3.05, 3.63) is 0 Å². The van der Waals surface area contributed by atoms with E-state index in [1.807, 2.05) is 0 Å². The second-order valence-corrected chi connectivity index (χ2v) is 15.3. The van der Waals surface area contributed by atoms with Gasteiger partial charge in [-0.1, -0.05) is 0 Å². The zero-order valence-corrected chi connectivity index (χ0v) is 10.1. The summed E-state index contributed by atoms with van der Waals surface area (Å²) in [7, 11) is 0. The van der Waals surface area contributed by atoms with E-state index in [-0.39, 0.29) is 0 Å². The quantitative estimate of drug-likeness (QED) is 0.696. The molecule has 0 saturated carbocycles. The van der Waals surface area contributed by atoms with Gasteiger partial charge in [0.15, 0.2) is 0 Å². The zero-order chi connectivity index (χ0) is 6.41. The molecule has 0 N–H and O–H groups in total. The van der Waals surface area contributed by atoms with Gasteiger partial charge in [-0.15, -0.1) is 0 Å². The molecule has 0 aliphatic rings. The van der Waals surface area contributed by atoms with E-state index in [1.165, 1.54) is 21.7 Å². The summed E-state index contributed by atoms with van der Waals surface area (Å²) in [5.74, 6) is 0. The van der Waals surface area contributed by atoms with E-state index in [0.717, 1.165) is 0 Å². The van der Waals surface area contributed by atoms with Gasteiger partial charge in [-0.25, -0.2) is 0 Å². The fourth-order valence-corrected chi connectivity index (χ4v) is 9.80. The zero-order valence-electron chi connectivity index (χ0n) is 5.71. The van der Waals surface area contributed by atoms with E-state index in [0.29, 0.717) is 0 Å². The molecular weight excluding hydrogens is 271 g/mol. The van der Waals surface area contributed by atoms with Gasteiger partial charge in [0.1, 0.15) is 0 Å². The Balaban J connectivity index is 2.92. The molecule has 0 rings (SSSR count). The van der Waals surface area contributed by atoms with Gasteiger partial charge in [-0.2, -0.15) is 0 Å². The third kappa shape index (κ3) is 5.42. The number of hydrogen-bond donors (Lipinski definition) is 0. The Morgan fingerprint density at radius 3 is 1.75 bits per heavy atom. The van der Waals surface area contributed by atoms with Crippen LogP contribution in [0, 0.1) is 0 Å². The Hall–Kier alpha value is 1.28. The van der Waals surface area contributed by atoms with Crippen LogP contribution in [0.1, 0.15) is 26.7 Å². The Morgan fingerprint density at radius 1 is 1.12 bits per heavy atom. The Morgan fingerprint density at radius 2 is 1.50 bits per heavy atom. The summed E-state index contributed by atoms with van der Waals surface area (Å²) < 4.78 is 3.05. The second kappa shape index (κ2) is 6.40. The maximum absolute atomic E-state index is 3.79. The van der Waals surface area contributed by atoms with Crippen molar-refractivity contribution in [3.8, 4) is 0 Å². The molecule has 2 heteroatoms. The molecule has 0 aliphatic carbocycles. The fourth-order valence-electron chi connectivity index (χ4n) is 0.668. The van der Waals surface area contributed by atoms with E-state index in [9.17, 15) is 0 Å². The van der Waals surface area contributed by atoms with Crippen LogP contribution in [-0.4, -0.2) is 17.5 Å². The first kappa shape index (κ1) is 9.28. The Kier molecular flexibility index (Phi) is 7.42. The van der Waals surface area contributed by atoms with Gasteiger partial charge in [0.25, 0.3) is 0 Å². The first-order valence-corrected chi connectivity index (χ1v) is 13.7. The molecule has 0 aliphatic heterocycles. The fraction of sp³-hybridized carbons (Fsp3) is 1.00. The molecule has 0 unspecified atom stereocenters. The van der Waals surface area contributed by atoms with Crippen molar-refractivity contribution in [2.75, 3.05) is 0 Å². The molecule has 8 heavy (non-hydrogen) atoms. The second-order valence-electron chi connectivity index (χ2n) is 2.02. The number of halogens is 1. The van der Waals surface area contributed by atoms with Crippen LogP contribution in [-0.2, 0) is 0 Å². The summed E-state index contributed by atoms with van der Waals surface area (Å²) in [5.41, 5.74) is 0. The molecule has 0 amide bonds. The molecule has 0 heterocycles. The van der Waals surface area contributed by atoms with Crippen LogP contribution in [0.3, 0.4) is 0 Å². The van der Waals surface area contributed by atoms with Gasteiger partial charge >= 0.3 is 65.8 Å². The van der Waals surface area contributed by atoms with Crippen LogP contribution in [0.25, 0.3) is 0 Å². The predicted octanol–water partition coefficient (Wildman–Crippen LogP) is 3.19. The standard InChI is InChI=1S/2C3H7.BrH.Sn/c2*1-3-2;;/h2*1,3H2,2H3;1H;/q;;;+1/p-1. The molecule has 0 aromatic rings. The van der Waals surface area contributed by atoms with E-state index in [2.05, 4.69) is 26.6 Å². The van der Waals surface area contributed by atoms with Crippen LogP contribution < -0.4 is 0 Å². The van der Waals surface area contributed by atoms with Gasteiger partial charge in [0.2, 0.25) is 0 Å². The Bertz CT molecular complexity index is 41.8. The first-order chi connectivity index (χ1) is 3.81. The van der Waals surface area contributed by atoms with Crippen LogP contribution in [0.15, 0.2) is 0 Å². The van der Waals surface area contributed by atoms with Crippen LogP contribution in [0.2, 0.25) is 8.87 Å². The minimum absolute atomic E-state index is 0.874. The van der Waals surface area contributed by atoms with Crippen LogP contribution in [0.5, 0.6) is 0 Å². The van der Waals surface area contributed by atoms with Crippen molar-refractivity contribution in [1.29, 1.82) is 0 Å². The molecule has 0 saturated heterocycles. The predicted molar refractivity (Wildman–Crippen MR) is 44.9 cm³/mol. The molecule has 0 aromatic heterocycles. The van der Waals surface area contributed by atoms with E-state index < -0.39 is 17.5 Å². The molecule has 49 valence electrons. The summed E-state index contributed by atoms with van der Waals surface area (Å²) in [6, 6.07) is 0. The monoisotopic (exact) mass is 285 g/mol. The van der Waals surface area contributed by atoms with Gasteiger partial charge in [0.05, 0.1) is 0 Å². The molecule has 0 bridgehead atoms. The van der Waals surface area contributed by atoms with Crippen molar-refractivity contribution in [2.24, 2.45) is 0 Å². The molecule has 0 aromatic carbocycles. The summed E-state index contributed by atoms with van der Waals surface area (Å²) >= 11 is 2.92. The van der Waals surface area contributed by atoms with Crippen molar-refractivity contribution in [2.45, 2.75) is 35.6 Å².